The minimum atomic E-state index is -0.628. The van der Waals surface area contributed by atoms with E-state index in [0.717, 1.165) is 31.5 Å². The van der Waals surface area contributed by atoms with E-state index in [1.54, 1.807) is 0 Å². The number of aromatic nitrogens is 2. The molecule has 2 saturated heterocycles. The molecule has 5 nitrogen and oxygen atoms in total. The molecule has 2 fully saturated rings. The van der Waals surface area contributed by atoms with Crippen LogP contribution >= 0.6 is 0 Å². The number of carboxylic acids is 1. The van der Waals surface area contributed by atoms with Gasteiger partial charge < -0.3 is 5.11 Å². The highest BCUT2D eigenvalue weighted by Gasteiger charge is 2.51. The molecule has 2 aliphatic heterocycles. The fourth-order valence-corrected chi connectivity index (χ4v) is 4.67. The van der Waals surface area contributed by atoms with Crippen molar-refractivity contribution in [1.29, 1.82) is 0 Å². The third-order valence-corrected chi connectivity index (χ3v) is 5.51. The van der Waals surface area contributed by atoms with Crippen molar-refractivity contribution in [2.75, 3.05) is 0 Å². The van der Waals surface area contributed by atoms with E-state index in [9.17, 15) is 9.90 Å². The highest BCUT2D eigenvalue weighted by Crippen LogP contribution is 2.47. The molecule has 0 spiro atoms. The predicted octanol–water partition coefficient (Wildman–Crippen LogP) is 2.52. The Morgan fingerprint density at radius 3 is 2.67 bits per heavy atom. The molecule has 2 bridgehead atoms. The maximum absolute atomic E-state index is 11.4. The summed E-state index contributed by atoms with van der Waals surface area (Å²) < 4.78 is 2.05. The van der Waals surface area contributed by atoms with Crippen LogP contribution in [-0.2, 0) is 11.3 Å². The number of fused-ring (bicyclic) bond motifs is 2. The lowest BCUT2D eigenvalue weighted by atomic mass is 9.89. The van der Waals surface area contributed by atoms with Gasteiger partial charge in [0.15, 0.2) is 0 Å². The number of rotatable bonds is 4. The predicted molar refractivity (Wildman–Crippen MR) is 80.2 cm³/mol. The van der Waals surface area contributed by atoms with Crippen LogP contribution in [0.25, 0.3) is 0 Å². The molecule has 5 heteroatoms. The number of hydrogen-bond acceptors (Lipinski definition) is 3. The largest absolute Gasteiger partial charge is 0.481 e. The van der Waals surface area contributed by atoms with Crippen LogP contribution in [0.4, 0.5) is 0 Å². The summed E-state index contributed by atoms with van der Waals surface area (Å²) in [5.74, 6) is -0.815. The molecule has 2 aliphatic rings. The van der Waals surface area contributed by atoms with Crippen molar-refractivity contribution in [2.45, 2.75) is 71.6 Å². The first-order valence-corrected chi connectivity index (χ1v) is 7.99. The van der Waals surface area contributed by atoms with Gasteiger partial charge in [-0.05, 0) is 47.0 Å². The van der Waals surface area contributed by atoms with Gasteiger partial charge in [-0.25, -0.2) is 0 Å². The van der Waals surface area contributed by atoms with Gasteiger partial charge in [0.05, 0.1) is 11.6 Å². The number of aryl methyl sites for hydroxylation is 2. The van der Waals surface area contributed by atoms with Crippen molar-refractivity contribution >= 4 is 5.97 Å². The summed E-state index contributed by atoms with van der Waals surface area (Å²) in [4.78, 5) is 13.9. The lowest BCUT2D eigenvalue weighted by Gasteiger charge is -2.30. The highest BCUT2D eigenvalue weighted by molar-refractivity contribution is 5.71. The van der Waals surface area contributed by atoms with Gasteiger partial charge in [0.1, 0.15) is 0 Å². The van der Waals surface area contributed by atoms with Gasteiger partial charge in [-0.2, -0.15) is 5.10 Å². The van der Waals surface area contributed by atoms with Crippen molar-refractivity contribution in [3.8, 4) is 0 Å². The highest BCUT2D eigenvalue weighted by atomic mass is 16.4. The molecule has 1 N–H and O–H groups in total. The lowest BCUT2D eigenvalue weighted by molar-refractivity contribution is -0.142. The zero-order valence-corrected chi connectivity index (χ0v) is 13.3. The second kappa shape index (κ2) is 5.13. The molecule has 1 aromatic rings. The normalized spacial score (nSPS) is 30.0. The first kappa shape index (κ1) is 14.6. The van der Waals surface area contributed by atoms with E-state index in [2.05, 4.69) is 37.7 Å². The van der Waals surface area contributed by atoms with Crippen LogP contribution < -0.4 is 0 Å². The van der Waals surface area contributed by atoms with E-state index in [1.807, 2.05) is 4.68 Å². The van der Waals surface area contributed by atoms with Gasteiger partial charge in [-0.1, -0.05) is 0 Å². The summed E-state index contributed by atoms with van der Waals surface area (Å²) in [6.07, 6.45) is 2.97. The smallest absolute Gasteiger partial charge is 0.308 e. The molecule has 4 atom stereocenters. The molecule has 1 aromatic heterocycles. The van der Waals surface area contributed by atoms with Gasteiger partial charge >= 0.3 is 5.97 Å². The molecule has 3 heterocycles. The Morgan fingerprint density at radius 1 is 1.43 bits per heavy atom. The Kier molecular flexibility index (Phi) is 3.56. The SMILES string of the molecule is CCn1nc(C)c(C(C)N2C3CCC2C(C(=O)O)C3)c1C. The first-order chi connectivity index (χ1) is 9.95. The number of carbonyl (C=O) groups is 1. The van der Waals surface area contributed by atoms with Crippen LogP contribution in [0.5, 0.6) is 0 Å². The number of carboxylic acid groups (broad SMARTS) is 1. The van der Waals surface area contributed by atoms with E-state index in [-0.39, 0.29) is 18.0 Å². The Bertz CT molecular complexity index is 566. The van der Waals surface area contributed by atoms with Crippen molar-refractivity contribution in [3.05, 3.63) is 17.0 Å². The van der Waals surface area contributed by atoms with Crippen molar-refractivity contribution in [2.24, 2.45) is 5.92 Å². The zero-order chi connectivity index (χ0) is 15.3. The van der Waals surface area contributed by atoms with Gasteiger partial charge in [0.25, 0.3) is 0 Å². The van der Waals surface area contributed by atoms with Gasteiger partial charge in [0.2, 0.25) is 0 Å². The molecule has 0 radical (unpaired) electrons. The van der Waals surface area contributed by atoms with Crippen LogP contribution in [0.3, 0.4) is 0 Å². The molecule has 116 valence electrons. The molecule has 0 saturated carbocycles. The molecule has 3 rings (SSSR count). The monoisotopic (exact) mass is 291 g/mol. The van der Waals surface area contributed by atoms with Crippen LogP contribution in [-0.4, -0.2) is 37.8 Å². The van der Waals surface area contributed by atoms with E-state index < -0.39 is 5.97 Å². The number of nitrogens with zero attached hydrogens (tertiary/aromatic N) is 3. The summed E-state index contributed by atoms with van der Waals surface area (Å²) >= 11 is 0. The van der Waals surface area contributed by atoms with E-state index in [1.165, 1.54) is 11.3 Å². The van der Waals surface area contributed by atoms with Crippen molar-refractivity contribution in [3.63, 3.8) is 0 Å². The average Bonchev–Trinajstić information content (AvgIpc) is 3.09. The average molecular weight is 291 g/mol. The Balaban J connectivity index is 1.91. The van der Waals surface area contributed by atoms with Crippen LogP contribution in [0.2, 0.25) is 0 Å². The van der Waals surface area contributed by atoms with Gasteiger partial charge in [0, 0.05) is 35.9 Å². The van der Waals surface area contributed by atoms with Crippen LogP contribution in [0.15, 0.2) is 0 Å². The second-order valence-electron chi connectivity index (χ2n) is 6.50. The van der Waals surface area contributed by atoms with Crippen LogP contribution in [0, 0.1) is 19.8 Å². The third-order valence-electron chi connectivity index (χ3n) is 5.51. The quantitative estimate of drug-likeness (QED) is 0.926. The first-order valence-electron chi connectivity index (χ1n) is 7.99. The molecule has 21 heavy (non-hydrogen) atoms. The van der Waals surface area contributed by atoms with E-state index in [4.69, 9.17) is 0 Å². The topological polar surface area (TPSA) is 58.4 Å². The second-order valence-corrected chi connectivity index (χ2v) is 6.50. The van der Waals surface area contributed by atoms with Gasteiger partial charge in [-0.15, -0.1) is 0 Å². The fraction of sp³-hybridized carbons (Fsp3) is 0.750. The molecule has 0 aromatic carbocycles. The number of hydrogen-bond donors (Lipinski definition) is 1. The summed E-state index contributed by atoms with van der Waals surface area (Å²) in [6, 6.07) is 0.883. The maximum atomic E-state index is 11.4. The zero-order valence-electron chi connectivity index (χ0n) is 13.3. The Labute approximate surface area is 125 Å². The van der Waals surface area contributed by atoms with Gasteiger partial charge in [-0.3, -0.25) is 14.4 Å². The van der Waals surface area contributed by atoms with E-state index in [0.29, 0.717) is 6.04 Å². The fourth-order valence-electron chi connectivity index (χ4n) is 4.67. The maximum Gasteiger partial charge on any atom is 0.308 e. The third kappa shape index (κ3) is 2.09. The Hall–Kier alpha value is -1.36. The minimum absolute atomic E-state index is 0.187. The molecule has 4 unspecified atom stereocenters. The molecule has 0 amide bonds. The van der Waals surface area contributed by atoms with Crippen molar-refractivity contribution < 1.29 is 9.90 Å². The lowest BCUT2D eigenvalue weighted by Crippen LogP contribution is -2.35. The summed E-state index contributed by atoms with van der Waals surface area (Å²) in [5, 5.41) is 14.0. The summed E-state index contributed by atoms with van der Waals surface area (Å²) in [5.41, 5.74) is 3.60. The molecular weight excluding hydrogens is 266 g/mol. The number of aliphatic carboxylic acids is 1. The summed E-state index contributed by atoms with van der Waals surface area (Å²) in [6.45, 7) is 9.39. The minimum Gasteiger partial charge on any atom is -0.481 e. The molecular formula is C16H25N3O2. The molecule has 0 aliphatic carbocycles. The standard InChI is InChI=1S/C16H25N3O2/c1-5-18-10(3)15(9(2)17-18)11(4)19-12-6-7-14(19)13(8-12)16(20)21/h11-14H,5-8H2,1-4H3,(H,20,21). The van der Waals surface area contributed by atoms with Crippen molar-refractivity contribution in [1.82, 2.24) is 14.7 Å². The van der Waals surface area contributed by atoms with E-state index >= 15 is 0 Å². The van der Waals surface area contributed by atoms with Crippen LogP contribution in [0.1, 0.15) is 56.1 Å². The Morgan fingerprint density at radius 2 is 2.14 bits per heavy atom. The summed E-state index contributed by atoms with van der Waals surface area (Å²) in [7, 11) is 0.